The normalized spacial score (nSPS) is 11.6. The second-order valence-electron chi connectivity index (χ2n) is 10.6. The van der Waals surface area contributed by atoms with Crippen LogP contribution in [0.4, 0.5) is 11.4 Å². The molecule has 9 heteroatoms. The molecule has 0 radical (unpaired) electrons. The number of amides is 3. The molecule has 1 unspecified atom stereocenters. The van der Waals surface area contributed by atoms with E-state index in [4.69, 9.17) is 4.74 Å². The molecule has 0 aromatic heterocycles. The van der Waals surface area contributed by atoms with E-state index in [2.05, 4.69) is 16.0 Å². The van der Waals surface area contributed by atoms with Crippen molar-refractivity contribution in [1.29, 1.82) is 0 Å². The Morgan fingerprint density at radius 3 is 2.02 bits per heavy atom. The first-order chi connectivity index (χ1) is 23.3. The highest BCUT2D eigenvalue weighted by molar-refractivity contribution is 8.00. The Bertz CT molecular complexity index is 1940. The van der Waals surface area contributed by atoms with Crippen LogP contribution in [0, 0.1) is 6.92 Å². The number of methoxy groups -OCH3 is 1. The fraction of sp³-hybridized carbons (Fsp3) is 0.0769. The summed E-state index contributed by atoms with van der Waals surface area (Å²) < 4.78 is 4.88. The van der Waals surface area contributed by atoms with Gasteiger partial charge < -0.3 is 20.7 Å². The van der Waals surface area contributed by atoms with Crippen LogP contribution < -0.4 is 16.0 Å². The van der Waals surface area contributed by atoms with Crippen LogP contribution in [0.25, 0.3) is 6.08 Å². The molecule has 1 atom stereocenters. The quantitative estimate of drug-likeness (QED) is 0.0765. The number of rotatable bonds is 11. The van der Waals surface area contributed by atoms with E-state index in [1.54, 1.807) is 78.9 Å². The molecular formula is C39H33N3O5S. The molecular weight excluding hydrogens is 623 g/mol. The van der Waals surface area contributed by atoms with Crippen LogP contribution >= 0.6 is 11.8 Å². The van der Waals surface area contributed by atoms with Gasteiger partial charge in [-0.15, -0.1) is 11.8 Å². The van der Waals surface area contributed by atoms with Gasteiger partial charge in [0.25, 0.3) is 11.8 Å². The van der Waals surface area contributed by atoms with Gasteiger partial charge in [-0.3, -0.25) is 14.4 Å². The predicted molar refractivity (Wildman–Crippen MR) is 190 cm³/mol. The fourth-order valence-electron chi connectivity index (χ4n) is 4.78. The third-order valence-electron chi connectivity index (χ3n) is 7.31. The lowest BCUT2D eigenvalue weighted by Crippen LogP contribution is -2.30. The van der Waals surface area contributed by atoms with E-state index in [0.29, 0.717) is 16.9 Å². The third kappa shape index (κ3) is 8.65. The first kappa shape index (κ1) is 33.4. The summed E-state index contributed by atoms with van der Waals surface area (Å²) in [6, 6.07) is 39.3. The van der Waals surface area contributed by atoms with E-state index in [1.165, 1.54) is 18.9 Å². The fourth-order valence-corrected chi connectivity index (χ4v) is 5.80. The van der Waals surface area contributed by atoms with Crippen LogP contribution in [0.2, 0.25) is 0 Å². The number of hydrogen-bond acceptors (Lipinski definition) is 6. The lowest BCUT2D eigenvalue weighted by Gasteiger charge is -2.18. The summed E-state index contributed by atoms with van der Waals surface area (Å²) >= 11 is 1.32. The summed E-state index contributed by atoms with van der Waals surface area (Å²) in [7, 11) is 1.29. The number of carbonyl (C=O) groups is 4. The van der Waals surface area contributed by atoms with Crippen molar-refractivity contribution in [2.75, 3.05) is 17.7 Å². The Hall–Kier alpha value is -5.93. The lowest BCUT2D eigenvalue weighted by molar-refractivity contribution is -0.116. The number of thioether (sulfide) groups is 1. The number of ether oxygens (including phenoxy) is 1. The van der Waals surface area contributed by atoms with Gasteiger partial charge in [-0.2, -0.15) is 0 Å². The maximum atomic E-state index is 13.7. The zero-order valence-corrected chi connectivity index (χ0v) is 27.1. The van der Waals surface area contributed by atoms with Gasteiger partial charge in [0.2, 0.25) is 5.91 Å². The zero-order chi connectivity index (χ0) is 33.9. The Kier molecular flexibility index (Phi) is 11.2. The monoisotopic (exact) mass is 655 g/mol. The molecule has 0 aliphatic rings. The van der Waals surface area contributed by atoms with Crippen LogP contribution in [0.5, 0.6) is 0 Å². The molecule has 5 aromatic carbocycles. The Morgan fingerprint density at radius 2 is 1.33 bits per heavy atom. The number of benzene rings is 5. The molecule has 5 rings (SSSR count). The van der Waals surface area contributed by atoms with E-state index in [0.717, 1.165) is 21.6 Å². The number of nitrogens with one attached hydrogen (secondary N) is 3. The van der Waals surface area contributed by atoms with Gasteiger partial charge in [-0.05, 0) is 78.2 Å². The first-order valence-corrected chi connectivity index (χ1v) is 16.0. The summed E-state index contributed by atoms with van der Waals surface area (Å²) in [5.41, 5.74) is 4.13. The average molecular weight is 656 g/mol. The third-order valence-corrected chi connectivity index (χ3v) is 8.58. The van der Waals surface area contributed by atoms with Crippen molar-refractivity contribution in [2.24, 2.45) is 0 Å². The van der Waals surface area contributed by atoms with Gasteiger partial charge in [0.15, 0.2) is 0 Å². The van der Waals surface area contributed by atoms with Crippen LogP contribution in [0.1, 0.15) is 42.7 Å². The minimum Gasteiger partial charge on any atom is -0.465 e. The smallest absolute Gasteiger partial charge is 0.339 e. The Labute approximate surface area is 283 Å². The number of carbonyl (C=O) groups excluding carboxylic acids is 4. The van der Waals surface area contributed by atoms with Crippen molar-refractivity contribution in [3.05, 3.63) is 167 Å². The maximum absolute atomic E-state index is 13.7. The van der Waals surface area contributed by atoms with E-state index in [1.807, 2.05) is 67.6 Å². The summed E-state index contributed by atoms with van der Waals surface area (Å²) in [6.07, 6.45) is 1.65. The molecule has 8 nitrogen and oxygen atoms in total. The van der Waals surface area contributed by atoms with Gasteiger partial charge >= 0.3 is 5.97 Å². The highest BCUT2D eigenvalue weighted by atomic mass is 32.2. The van der Waals surface area contributed by atoms with Crippen molar-refractivity contribution in [2.45, 2.75) is 17.1 Å². The van der Waals surface area contributed by atoms with Gasteiger partial charge in [-0.25, -0.2) is 4.79 Å². The molecule has 0 spiro atoms. The molecule has 0 saturated heterocycles. The lowest BCUT2D eigenvalue weighted by atomic mass is 10.1. The number of hydrogen-bond donors (Lipinski definition) is 3. The Morgan fingerprint density at radius 1 is 0.708 bits per heavy atom. The second-order valence-corrected chi connectivity index (χ2v) is 11.8. The maximum Gasteiger partial charge on any atom is 0.339 e. The second kappa shape index (κ2) is 16.1. The van der Waals surface area contributed by atoms with Crippen molar-refractivity contribution < 1.29 is 23.9 Å². The van der Waals surface area contributed by atoms with E-state index < -0.39 is 23.0 Å². The average Bonchev–Trinajstić information content (AvgIpc) is 3.12. The minimum atomic E-state index is -0.658. The predicted octanol–water partition coefficient (Wildman–Crippen LogP) is 7.66. The van der Waals surface area contributed by atoms with Crippen molar-refractivity contribution in [3.63, 3.8) is 0 Å². The van der Waals surface area contributed by atoms with E-state index in [-0.39, 0.29) is 17.2 Å². The van der Waals surface area contributed by atoms with Gasteiger partial charge in [-0.1, -0.05) is 84.9 Å². The topological polar surface area (TPSA) is 114 Å². The molecule has 5 aromatic rings. The number of para-hydroxylation sites is 1. The molecule has 0 aliphatic heterocycles. The van der Waals surface area contributed by atoms with Crippen molar-refractivity contribution >= 4 is 52.9 Å². The Balaban J connectivity index is 1.34. The summed E-state index contributed by atoms with van der Waals surface area (Å²) in [5, 5.41) is 7.87. The molecule has 0 heterocycles. The zero-order valence-electron chi connectivity index (χ0n) is 26.3. The number of esters is 1. The summed E-state index contributed by atoms with van der Waals surface area (Å²) in [4.78, 5) is 53.2. The molecule has 0 fully saturated rings. The highest BCUT2D eigenvalue weighted by Crippen LogP contribution is 2.37. The minimum absolute atomic E-state index is 0.0876. The number of aryl methyl sites for hydroxylation is 1. The van der Waals surface area contributed by atoms with Crippen LogP contribution in [-0.4, -0.2) is 30.8 Å². The molecule has 240 valence electrons. The van der Waals surface area contributed by atoms with Crippen LogP contribution in [0.15, 0.2) is 144 Å². The van der Waals surface area contributed by atoms with Crippen LogP contribution in [-0.2, 0) is 14.3 Å². The van der Waals surface area contributed by atoms with Crippen molar-refractivity contribution in [3.8, 4) is 0 Å². The molecule has 3 amide bonds. The number of anilines is 2. The molecule has 0 bridgehead atoms. The largest absolute Gasteiger partial charge is 0.465 e. The molecule has 0 aliphatic carbocycles. The van der Waals surface area contributed by atoms with Crippen molar-refractivity contribution in [1.82, 2.24) is 5.32 Å². The summed E-state index contributed by atoms with van der Waals surface area (Å²) in [5.74, 6) is -1.77. The highest BCUT2D eigenvalue weighted by Gasteiger charge is 2.24. The van der Waals surface area contributed by atoms with E-state index in [9.17, 15) is 19.2 Å². The van der Waals surface area contributed by atoms with Gasteiger partial charge in [0.05, 0.1) is 18.4 Å². The van der Waals surface area contributed by atoms with E-state index >= 15 is 0 Å². The molecule has 3 N–H and O–H groups in total. The standard InChI is InChI=1S/C39H33N3O5S/c1-26-13-9-10-18-29(26)25-34(42-36(43)28-16-7-4-8-17-28)37(44)40-30-21-23-31(24-22-30)48-35(27-14-5-3-6-15-27)38(45)41-33-20-12-11-19-32(33)39(46)47-2/h3-25,35H,1-2H3,(H,40,44)(H,41,45)(H,42,43)/b34-25-. The van der Waals surface area contributed by atoms with Crippen LogP contribution in [0.3, 0.4) is 0 Å². The van der Waals surface area contributed by atoms with Gasteiger partial charge in [0.1, 0.15) is 10.9 Å². The molecule has 0 saturated carbocycles. The van der Waals surface area contributed by atoms with Gasteiger partial charge in [0, 0.05) is 16.1 Å². The first-order valence-electron chi connectivity index (χ1n) is 15.1. The molecule has 48 heavy (non-hydrogen) atoms. The SMILES string of the molecule is COC(=O)c1ccccc1NC(=O)C(Sc1ccc(NC(=O)/C(=C/c2ccccc2C)NC(=O)c2ccccc2)cc1)c1ccccc1. The summed E-state index contributed by atoms with van der Waals surface area (Å²) in [6.45, 7) is 1.93.